The van der Waals surface area contributed by atoms with Gasteiger partial charge in [-0.25, -0.2) is 0 Å². The number of hydrogen-bond acceptors (Lipinski definition) is 6. The minimum absolute atomic E-state index is 0.358. The topological polar surface area (TPSA) is 66.4 Å². The van der Waals surface area contributed by atoms with Crippen molar-refractivity contribution >= 4 is 0 Å². The minimum atomic E-state index is -0.832. The lowest BCUT2D eigenvalue weighted by Crippen LogP contribution is -2.65. The number of aliphatic hydroxyl groups excluding tert-OH is 1. The first-order valence-corrected chi connectivity index (χ1v) is 6.99. The van der Waals surface area contributed by atoms with Crippen molar-refractivity contribution < 1.29 is 28.8 Å². The van der Waals surface area contributed by atoms with Crippen molar-refractivity contribution in [2.24, 2.45) is 0 Å². The zero-order valence-corrected chi connectivity index (χ0v) is 13.1. The second kappa shape index (κ2) is 5.51. The SMILES string of the molecule is CO[C@H]1O[C@@H]2COC(C)(C)O[C@H]2[C@H](O)[C@@H]1OC(C)(C)C. The van der Waals surface area contributed by atoms with Gasteiger partial charge in [-0.1, -0.05) is 0 Å². The maximum atomic E-state index is 10.6. The summed E-state index contributed by atoms with van der Waals surface area (Å²) in [6, 6.07) is 0. The summed E-state index contributed by atoms with van der Waals surface area (Å²) in [5.41, 5.74) is -0.417. The molecule has 0 aliphatic carbocycles. The van der Waals surface area contributed by atoms with Crippen LogP contribution < -0.4 is 0 Å². The van der Waals surface area contributed by atoms with Gasteiger partial charge in [0.2, 0.25) is 0 Å². The molecule has 6 heteroatoms. The summed E-state index contributed by atoms with van der Waals surface area (Å²) in [5, 5.41) is 10.6. The Morgan fingerprint density at radius 1 is 1.25 bits per heavy atom. The van der Waals surface area contributed by atoms with E-state index in [4.69, 9.17) is 23.7 Å². The van der Waals surface area contributed by atoms with Gasteiger partial charge in [-0.15, -0.1) is 0 Å². The van der Waals surface area contributed by atoms with Crippen LogP contribution in [0.2, 0.25) is 0 Å². The third-order valence-electron chi connectivity index (χ3n) is 3.35. The van der Waals surface area contributed by atoms with Gasteiger partial charge in [0.1, 0.15) is 24.4 Å². The molecule has 0 aromatic rings. The second-order valence-corrected chi connectivity index (χ2v) is 6.76. The Balaban J connectivity index is 2.16. The van der Waals surface area contributed by atoms with E-state index in [1.165, 1.54) is 7.11 Å². The molecule has 0 aromatic carbocycles. The molecule has 0 spiro atoms. The molecule has 2 fully saturated rings. The summed E-state index contributed by atoms with van der Waals surface area (Å²) >= 11 is 0. The van der Waals surface area contributed by atoms with E-state index in [0.29, 0.717) is 6.61 Å². The molecule has 5 atom stereocenters. The summed E-state index contributed by atoms with van der Waals surface area (Å²) < 4.78 is 28.4. The van der Waals surface area contributed by atoms with Gasteiger partial charge < -0.3 is 28.8 Å². The van der Waals surface area contributed by atoms with E-state index in [9.17, 15) is 5.11 Å². The van der Waals surface area contributed by atoms with Crippen LogP contribution in [-0.4, -0.2) is 60.9 Å². The highest BCUT2D eigenvalue weighted by molar-refractivity contribution is 4.95. The Morgan fingerprint density at radius 2 is 1.90 bits per heavy atom. The number of aliphatic hydroxyl groups is 1. The van der Waals surface area contributed by atoms with Gasteiger partial charge in [0.15, 0.2) is 12.1 Å². The van der Waals surface area contributed by atoms with Crippen LogP contribution in [-0.2, 0) is 23.7 Å². The number of methoxy groups -OCH3 is 1. The fourth-order valence-electron chi connectivity index (χ4n) is 2.54. The Kier molecular flexibility index (Phi) is 4.45. The lowest BCUT2D eigenvalue weighted by Gasteiger charge is -2.50. The molecule has 2 aliphatic heterocycles. The van der Waals surface area contributed by atoms with Gasteiger partial charge in [0.05, 0.1) is 12.2 Å². The highest BCUT2D eigenvalue weighted by Crippen LogP contribution is 2.34. The summed E-state index contributed by atoms with van der Waals surface area (Å²) in [6.07, 6.45) is -2.92. The van der Waals surface area contributed by atoms with Crippen LogP contribution in [0.3, 0.4) is 0 Å². The second-order valence-electron chi connectivity index (χ2n) is 6.76. The molecule has 0 saturated carbocycles. The summed E-state index contributed by atoms with van der Waals surface area (Å²) in [6.45, 7) is 9.76. The van der Waals surface area contributed by atoms with Crippen molar-refractivity contribution in [2.75, 3.05) is 13.7 Å². The Hall–Kier alpha value is -0.240. The lowest BCUT2D eigenvalue weighted by atomic mass is 9.96. The van der Waals surface area contributed by atoms with Crippen LogP contribution in [0.5, 0.6) is 0 Å². The molecule has 6 nitrogen and oxygen atoms in total. The minimum Gasteiger partial charge on any atom is -0.387 e. The lowest BCUT2D eigenvalue weighted by molar-refractivity contribution is -0.388. The van der Waals surface area contributed by atoms with Gasteiger partial charge in [-0.2, -0.15) is 0 Å². The first-order valence-electron chi connectivity index (χ1n) is 6.99. The Bertz CT molecular complexity index is 337. The van der Waals surface area contributed by atoms with Crippen LogP contribution in [0.4, 0.5) is 0 Å². The van der Waals surface area contributed by atoms with E-state index in [1.807, 2.05) is 34.6 Å². The number of hydrogen-bond donors (Lipinski definition) is 1. The first kappa shape index (κ1) is 16.1. The smallest absolute Gasteiger partial charge is 0.186 e. The van der Waals surface area contributed by atoms with Gasteiger partial charge in [0, 0.05) is 7.11 Å². The molecule has 2 heterocycles. The fourth-order valence-corrected chi connectivity index (χ4v) is 2.54. The maximum absolute atomic E-state index is 10.6. The van der Waals surface area contributed by atoms with E-state index in [-0.39, 0.29) is 6.10 Å². The number of rotatable bonds is 2. The summed E-state index contributed by atoms with van der Waals surface area (Å²) in [7, 11) is 1.53. The molecule has 0 amide bonds. The van der Waals surface area contributed by atoms with Gasteiger partial charge in [-0.05, 0) is 34.6 Å². The predicted molar refractivity (Wildman–Crippen MR) is 71.2 cm³/mol. The summed E-state index contributed by atoms with van der Waals surface area (Å²) in [5.74, 6) is -0.738. The number of fused-ring (bicyclic) bond motifs is 1. The molecule has 118 valence electrons. The van der Waals surface area contributed by atoms with E-state index in [1.54, 1.807) is 0 Å². The van der Waals surface area contributed by atoms with E-state index >= 15 is 0 Å². The standard InChI is InChI=1S/C14H26O6/c1-13(2,3)19-11-9(15)10-8(18-12(11)16-6)7-17-14(4,5)20-10/h8-12,15H,7H2,1-6H3/t8-,9+,10-,11+,12+/m1/s1. The summed E-state index contributed by atoms with van der Waals surface area (Å²) in [4.78, 5) is 0. The van der Waals surface area contributed by atoms with Crippen molar-refractivity contribution in [1.82, 2.24) is 0 Å². The molecule has 2 aliphatic rings. The van der Waals surface area contributed by atoms with Crippen LogP contribution in [0, 0.1) is 0 Å². The van der Waals surface area contributed by atoms with E-state index < -0.39 is 36.0 Å². The molecular formula is C14H26O6. The third-order valence-corrected chi connectivity index (χ3v) is 3.35. The van der Waals surface area contributed by atoms with Crippen molar-refractivity contribution in [2.45, 2.75) is 76.7 Å². The van der Waals surface area contributed by atoms with Gasteiger partial charge in [0.25, 0.3) is 0 Å². The average Bonchev–Trinajstić information content (AvgIpc) is 2.31. The molecule has 0 unspecified atom stereocenters. The van der Waals surface area contributed by atoms with Crippen molar-refractivity contribution in [3.8, 4) is 0 Å². The van der Waals surface area contributed by atoms with E-state index in [0.717, 1.165) is 0 Å². The largest absolute Gasteiger partial charge is 0.387 e. The Morgan fingerprint density at radius 3 is 2.45 bits per heavy atom. The van der Waals surface area contributed by atoms with Crippen molar-refractivity contribution in [3.63, 3.8) is 0 Å². The normalized spacial score (nSPS) is 41.2. The molecule has 0 aromatic heterocycles. The zero-order valence-electron chi connectivity index (χ0n) is 13.1. The molecule has 2 rings (SSSR count). The highest BCUT2D eigenvalue weighted by Gasteiger charge is 2.52. The molecule has 1 N–H and O–H groups in total. The van der Waals surface area contributed by atoms with Crippen LogP contribution in [0.15, 0.2) is 0 Å². The van der Waals surface area contributed by atoms with Crippen molar-refractivity contribution in [3.05, 3.63) is 0 Å². The fraction of sp³-hybridized carbons (Fsp3) is 1.00. The Labute approximate surface area is 120 Å². The highest BCUT2D eigenvalue weighted by atomic mass is 16.8. The number of ether oxygens (including phenoxy) is 5. The maximum Gasteiger partial charge on any atom is 0.186 e. The van der Waals surface area contributed by atoms with Gasteiger partial charge >= 0.3 is 0 Å². The predicted octanol–water partition coefficient (Wildman–Crippen LogP) is 1.05. The molecule has 2 saturated heterocycles. The monoisotopic (exact) mass is 290 g/mol. The van der Waals surface area contributed by atoms with Crippen LogP contribution in [0.25, 0.3) is 0 Å². The quantitative estimate of drug-likeness (QED) is 0.820. The van der Waals surface area contributed by atoms with E-state index in [2.05, 4.69) is 0 Å². The van der Waals surface area contributed by atoms with Crippen LogP contribution >= 0.6 is 0 Å². The molecule has 20 heavy (non-hydrogen) atoms. The zero-order chi connectivity index (χ0) is 15.1. The average molecular weight is 290 g/mol. The van der Waals surface area contributed by atoms with Gasteiger partial charge in [-0.3, -0.25) is 0 Å². The van der Waals surface area contributed by atoms with Crippen molar-refractivity contribution in [1.29, 1.82) is 0 Å². The molecule has 0 radical (unpaired) electrons. The molecule has 0 bridgehead atoms. The van der Waals surface area contributed by atoms with Crippen LogP contribution in [0.1, 0.15) is 34.6 Å². The first-order chi connectivity index (χ1) is 9.13. The molecular weight excluding hydrogens is 264 g/mol. The third kappa shape index (κ3) is 3.50.